The summed E-state index contributed by atoms with van der Waals surface area (Å²) in [6.07, 6.45) is 0.266. The van der Waals surface area contributed by atoms with Gasteiger partial charge in [0.05, 0.1) is 0 Å². The number of nitrogens with one attached hydrogen (secondary N) is 2. The van der Waals surface area contributed by atoms with Crippen LogP contribution in [0.4, 0.5) is 0 Å². The molecule has 0 spiro atoms. The molecule has 0 atom stereocenters. The highest BCUT2D eigenvalue weighted by molar-refractivity contribution is 5.98. The Labute approximate surface area is 171 Å². The molecule has 3 rings (SSSR count). The summed E-state index contributed by atoms with van der Waals surface area (Å²) in [5.74, 6) is -0.219. The van der Waals surface area contributed by atoms with Crippen molar-refractivity contribution in [2.75, 3.05) is 26.7 Å². The predicted molar refractivity (Wildman–Crippen MR) is 117 cm³/mol. The molecule has 0 bridgehead atoms. The van der Waals surface area contributed by atoms with Crippen LogP contribution < -0.4 is 10.6 Å². The van der Waals surface area contributed by atoms with E-state index >= 15 is 0 Å². The highest BCUT2D eigenvalue weighted by Crippen LogP contribution is 2.15. The molecule has 0 heterocycles. The van der Waals surface area contributed by atoms with Gasteiger partial charge in [-0.15, -0.1) is 0 Å². The number of amides is 2. The first-order valence-corrected chi connectivity index (χ1v) is 9.88. The summed E-state index contributed by atoms with van der Waals surface area (Å²) in [7, 11) is 2.03. The van der Waals surface area contributed by atoms with E-state index in [9.17, 15) is 9.59 Å². The lowest BCUT2D eigenvalue weighted by molar-refractivity contribution is -0.120. The van der Waals surface area contributed by atoms with Gasteiger partial charge >= 0.3 is 0 Å². The van der Waals surface area contributed by atoms with Crippen molar-refractivity contribution in [1.29, 1.82) is 0 Å². The SMILES string of the molecule is CN(CCNC(=O)CCNC(=O)c1ccc2ccccc2c1)Cc1ccccc1. The maximum absolute atomic E-state index is 12.3. The minimum absolute atomic E-state index is 0.0584. The molecule has 150 valence electrons. The molecule has 3 aromatic carbocycles. The summed E-state index contributed by atoms with van der Waals surface area (Å²) >= 11 is 0. The van der Waals surface area contributed by atoms with E-state index in [1.165, 1.54) is 5.56 Å². The number of fused-ring (bicyclic) bond motifs is 1. The van der Waals surface area contributed by atoms with Gasteiger partial charge in [-0.2, -0.15) is 0 Å². The van der Waals surface area contributed by atoms with Gasteiger partial charge in [0.15, 0.2) is 0 Å². The average Bonchev–Trinajstić information content (AvgIpc) is 2.74. The largest absolute Gasteiger partial charge is 0.355 e. The standard InChI is InChI=1S/C24H27N3O2/c1-27(18-19-7-3-2-4-8-19)16-15-25-23(28)13-14-26-24(29)22-12-11-20-9-5-6-10-21(20)17-22/h2-12,17H,13-16,18H2,1H3,(H,25,28)(H,26,29). The molecule has 0 aliphatic heterocycles. The smallest absolute Gasteiger partial charge is 0.251 e. The Morgan fingerprint density at radius 1 is 0.828 bits per heavy atom. The number of rotatable bonds is 9. The van der Waals surface area contributed by atoms with Crippen molar-refractivity contribution >= 4 is 22.6 Å². The van der Waals surface area contributed by atoms with Gasteiger partial charge in [-0.05, 0) is 35.5 Å². The molecule has 5 nitrogen and oxygen atoms in total. The second-order valence-electron chi connectivity index (χ2n) is 7.14. The third-order valence-corrected chi connectivity index (χ3v) is 4.76. The summed E-state index contributed by atoms with van der Waals surface area (Å²) in [4.78, 5) is 26.5. The molecular formula is C24H27N3O2. The molecule has 5 heteroatoms. The third kappa shape index (κ3) is 6.43. The quantitative estimate of drug-likeness (QED) is 0.591. The molecule has 2 amide bonds. The summed E-state index contributed by atoms with van der Waals surface area (Å²) in [6.45, 7) is 2.51. The van der Waals surface area contributed by atoms with Crippen molar-refractivity contribution in [3.63, 3.8) is 0 Å². The second-order valence-corrected chi connectivity index (χ2v) is 7.14. The zero-order valence-electron chi connectivity index (χ0n) is 16.7. The molecule has 0 aliphatic rings. The van der Waals surface area contributed by atoms with Crippen LogP contribution in [0.15, 0.2) is 72.8 Å². The lowest BCUT2D eigenvalue weighted by Crippen LogP contribution is -2.35. The third-order valence-electron chi connectivity index (χ3n) is 4.76. The van der Waals surface area contributed by atoms with Gasteiger partial charge < -0.3 is 15.5 Å². The lowest BCUT2D eigenvalue weighted by atomic mass is 10.1. The maximum Gasteiger partial charge on any atom is 0.251 e. The molecule has 3 aromatic rings. The van der Waals surface area contributed by atoms with Crippen molar-refractivity contribution in [2.24, 2.45) is 0 Å². The van der Waals surface area contributed by atoms with Crippen LogP contribution in [0.25, 0.3) is 10.8 Å². The second kappa shape index (κ2) is 10.4. The summed E-state index contributed by atoms with van der Waals surface area (Å²) in [5.41, 5.74) is 1.85. The number of nitrogens with zero attached hydrogens (tertiary/aromatic N) is 1. The van der Waals surface area contributed by atoms with Crippen LogP contribution in [0.2, 0.25) is 0 Å². The molecule has 29 heavy (non-hydrogen) atoms. The molecule has 0 radical (unpaired) electrons. The number of hydrogen-bond donors (Lipinski definition) is 2. The number of carbonyl (C=O) groups excluding carboxylic acids is 2. The first kappa shape index (κ1) is 20.6. The van der Waals surface area contributed by atoms with E-state index in [1.807, 2.05) is 61.6 Å². The van der Waals surface area contributed by atoms with Crippen molar-refractivity contribution in [3.05, 3.63) is 83.9 Å². The Bertz CT molecular complexity index is 957. The van der Waals surface area contributed by atoms with E-state index in [0.717, 1.165) is 23.9 Å². The molecular weight excluding hydrogens is 362 g/mol. The van der Waals surface area contributed by atoms with Crippen molar-refractivity contribution in [1.82, 2.24) is 15.5 Å². The van der Waals surface area contributed by atoms with Crippen LogP contribution in [-0.4, -0.2) is 43.4 Å². The zero-order chi connectivity index (χ0) is 20.5. The average molecular weight is 389 g/mol. The Kier molecular flexibility index (Phi) is 7.36. The van der Waals surface area contributed by atoms with Crippen LogP contribution in [-0.2, 0) is 11.3 Å². The fourth-order valence-electron chi connectivity index (χ4n) is 3.17. The monoisotopic (exact) mass is 389 g/mol. The molecule has 0 aromatic heterocycles. The van der Waals surface area contributed by atoms with Crippen molar-refractivity contribution in [3.8, 4) is 0 Å². The van der Waals surface area contributed by atoms with Gasteiger partial charge in [-0.3, -0.25) is 9.59 Å². The van der Waals surface area contributed by atoms with Crippen molar-refractivity contribution in [2.45, 2.75) is 13.0 Å². The Hall–Kier alpha value is -3.18. The molecule has 0 saturated heterocycles. The van der Waals surface area contributed by atoms with E-state index in [0.29, 0.717) is 18.7 Å². The summed E-state index contributed by atoms with van der Waals surface area (Å²) in [5, 5.41) is 7.84. The Morgan fingerprint density at radius 3 is 2.34 bits per heavy atom. The van der Waals surface area contributed by atoms with Gasteiger partial charge in [-0.1, -0.05) is 60.7 Å². The number of carbonyl (C=O) groups is 2. The highest BCUT2D eigenvalue weighted by atomic mass is 16.2. The molecule has 0 unspecified atom stereocenters. The number of hydrogen-bond acceptors (Lipinski definition) is 3. The lowest BCUT2D eigenvalue weighted by Gasteiger charge is -2.17. The molecule has 2 N–H and O–H groups in total. The number of benzene rings is 3. The number of likely N-dealkylation sites (N-methyl/N-ethyl adjacent to an activating group) is 1. The fraction of sp³-hybridized carbons (Fsp3) is 0.250. The minimum atomic E-state index is -0.161. The fourth-order valence-corrected chi connectivity index (χ4v) is 3.17. The van der Waals surface area contributed by atoms with Crippen LogP contribution in [0.5, 0.6) is 0 Å². The Balaban J connectivity index is 1.34. The van der Waals surface area contributed by atoms with E-state index in [1.54, 1.807) is 6.07 Å². The summed E-state index contributed by atoms with van der Waals surface area (Å²) in [6, 6.07) is 23.8. The van der Waals surface area contributed by atoms with Crippen LogP contribution >= 0.6 is 0 Å². The van der Waals surface area contributed by atoms with Crippen LogP contribution in [0.1, 0.15) is 22.3 Å². The van der Waals surface area contributed by atoms with E-state index < -0.39 is 0 Å². The van der Waals surface area contributed by atoms with E-state index in [2.05, 4.69) is 27.7 Å². The van der Waals surface area contributed by atoms with Crippen molar-refractivity contribution < 1.29 is 9.59 Å². The zero-order valence-corrected chi connectivity index (χ0v) is 16.7. The van der Waals surface area contributed by atoms with Crippen LogP contribution in [0, 0.1) is 0 Å². The van der Waals surface area contributed by atoms with E-state index in [4.69, 9.17) is 0 Å². The van der Waals surface area contributed by atoms with Crippen LogP contribution in [0.3, 0.4) is 0 Å². The molecule has 0 saturated carbocycles. The van der Waals surface area contributed by atoms with Gasteiger partial charge in [-0.25, -0.2) is 0 Å². The minimum Gasteiger partial charge on any atom is -0.355 e. The van der Waals surface area contributed by atoms with Gasteiger partial charge in [0.25, 0.3) is 5.91 Å². The summed E-state index contributed by atoms with van der Waals surface area (Å²) < 4.78 is 0. The van der Waals surface area contributed by atoms with Gasteiger partial charge in [0.1, 0.15) is 0 Å². The first-order chi connectivity index (χ1) is 14.1. The predicted octanol–water partition coefficient (Wildman–Crippen LogP) is 3.21. The normalized spacial score (nSPS) is 10.8. The van der Waals surface area contributed by atoms with E-state index in [-0.39, 0.29) is 18.2 Å². The Morgan fingerprint density at radius 2 is 1.55 bits per heavy atom. The topological polar surface area (TPSA) is 61.4 Å². The maximum atomic E-state index is 12.3. The molecule has 0 fully saturated rings. The highest BCUT2D eigenvalue weighted by Gasteiger charge is 2.08. The first-order valence-electron chi connectivity index (χ1n) is 9.88. The molecule has 0 aliphatic carbocycles. The van der Waals surface area contributed by atoms with Gasteiger partial charge in [0, 0.05) is 38.2 Å². The van der Waals surface area contributed by atoms with Gasteiger partial charge in [0.2, 0.25) is 5.91 Å².